The van der Waals surface area contributed by atoms with Gasteiger partial charge < -0.3 is 20.1 Å². The zero-order valence-electron chi connectivity index (χ0n) is 17.2. The molecule has 160 valence electrons. The van der Waals surface area contributed by atoms with Crippen LogP contribution < -0.4 is 5.32 Å². The number of carbonyl (C=O) groups excluding carboxylic acids is 2. The van der Waals surface area contributed by atoms with Gasteiger partial charge in [-0.2, -0.15) is 0 Å². The summed E-state index contributed by atoms with van der Waals surface area (Å²) >= 11 is 0. The van der Waals surface area contributed by atoms with Crippen LogP contribution in [-0.2, 0) is 33.7 Å². The molecule has 0 unspecified atom stereocenters. The Morgan fingerprint density at radius 3 is 2.60 bits per heavy atom. The third-order valence-electron chi connectivity index (χ3n) is 4.77. The zero-order chi connectivity index (χ0) is 21.9. The predicted molar refractivity (Wildman–Crippen MR) is 108 cm³/mol. The lowest BCUT2D eigenvalue weighted by atomic mass is 9.93. The minimum Gasteiger partial charge on any atom is -0.480 e. The SMILES string of the molecule is CC(C)(C)OC(=O)N1Cc2ccccc2C[C@H]1C(=O)N[C@@H](Cc1cnc[nH]1)C(=O)O. The molecule has 0 spiro atoms. The second-order valence-electron chi connectivity index (χ2n) is 8.28. The summed E-state index contributed by atoms with van der Waals surface area (Å²) in [5.41, 5.74) is 1.73. The molecule has 0 saturated heterocycles. The number of benzene rings is 1. The molecule has 1 aromatic carbocycles. The number of ether oxygens (including phenoxy) is 1. The second kappa shape index (κ2) is 8.56. The summed E-state index contributed by atoms with van der Waals surface area (Å²) in [6.07, 6.45) is 2.66. The maximum absolute atomic E-state index is 13.1. The number of amides is 2. The highest BCUT2D eigenvalue weighted by Gasteiger charge is 2.38. The van der Waals surface area contributed by atoms with Crippen LogP contribution in [0, 0.1) is 0 Å². The number of fused-ring (bicyclic) bond motifs is 1. The maximum atomic E-state index is 13.1. The van der Waals surface area contributed by atoms with Gasteiger partial charge in [0.05, 0.1) is 12.9 Å². The van der Waals surface area contributed by atoms with Crippen molar-refractivity contribution in [3.05, 3.63) is 53.6 Å². The van der Waals surface area contributed by atoms with Crippen LogP contribution in [0.25, 0.3) is 0 Å². The molecule has 3 N–H and O–H groups in total. The van der Waals surface area contributed by atoms with Crippen molar-refractivity contribution in [1.29, 1.82) is 0 Å². The Kier molecular flexibility index (Phi) is 6.09. The molecule has 1 aromatic heterocycles. The van der Waals surface area contributed by atoms with Crippen molar-refractivity contribution in [3.8, 4) is 0 Å². The topological polar surface area (TPSA) is 125 Å². The number of hydrogen-bond donors (Lipinski definition) is 3. The standard InChI is InChI=1S/C21H26N4O5/c1-21(2,3)30-20(29)25-11-14-7-5-4-6-13(14)8-17(25)18(26)24-16(19(27)28)9-15-10-22-12-23-15/h4-7,10,12,16-17H,8-9,11H2,1-3H3,(H,22,23)(H,24,26)(H,27,28)/t16-,17-/m0/s1. The van der Waals surface area contributed by atoms with Crippen LogP contribution in [0.4, 0.5) is 4.79 Å². The first-order valence-electron chi connectivity index (χ1n) is 9.71. The molecule has 0 bridgehead atoms. The Bertz CT molecular complexity index is 920. The number of aliphatic carboxylic acids is 1. The van der Waals surface area contributed by atoms with Crippen molar-refractivity contribution in [2.45, 2.75) is 57.8 Å². The predicted octanol–water partition coefficient (Wildman–Crippen LogP) is 1.88. The Labute approximate surface area is 174 Å². The normalized spacial score (nSPS) is 17.0. The number of aromatic nitrogens is 2. The highest BCUT2D eigenvalue weighted by molar-refractivity contribution is 5.90. The van der Waals surface area contributed by atoms with E-state index in [1.807, 2.05) is 24.3 Å². The van der Waals surface area contributed by atoms with Gasteiger partial charge in [0.2, 0.25) is 5.91 Å². The van der Waals surface area contributed by atoms with Crippen LogP contribution >= 0.6 is 0 Å². The van der Waals surface area contributed by atoms with E-state index in [9.17, 15) is 19.5 Å². The van der Waals surface area contributed by atoms with E-state index in [2.05, 4.69) is 15.3 Å². The van der Waals surface area contributed by atoms with Gasteiger partial charge in [-0.25, -0.2) is 14.6 Å². The third-order valence-corrected chi connectivity index (χ3v) is 4.77. The zero-order valence-corrected chi connectivity index (χ0v) is 17.2. The largest absolute Gasteiger partial charge is 0.480 e. The molecule has 1 aliphatic rings. The van der Waals surface area contributed by atoms with Crippen molar-refractivity contribution in [3.63, 3.8) is 0 Å². The van der Waals surface area contributed by atoms with Crippen LogP contribution in [-0.4, -0.2) is 55.6 Å². The molecule has 0 aliphatic carbocycles. The minimum absolute atomic E-state index is 0.0524. The lowest BCUT2D eigenvalue weighted by Gasteiger charge is -2.37. The van der Waals surface area contributed by atoms with Gasteiger partial charge in [-0.3, -0.25) is 9.69 Å². The fraction of sp³-hybridized carbons (Fsp3) is 0.429. The van der Waals surface area contributed by atoms with E-state index in [1.54, 1.807) is 20.8 Å². The number of carbonyl (C=O) groups is 3. The first-order chi connectivity index (χ1) is 14.1. The minimum atomic E-state index is -1.17. The summed E-state index contributed by atoms with van der Waals surface area (Å²) in [6, 6.07) is 5.52. The molecule has 2 atom stereocenters. The molecule has 2 aromatic rings. The highest BCUT2D eigenvalue weighted by atomic mass is 16.6. The average molecular weight is 414 g/mol. The molecule has 30 heavy (non-hydrogen) atoms. The Balaban J connectivity index is 1.82. The fourth-order valence-corrected chi connectivity index (χ4v) is 3.35. The van der Waals surface area contributed by atoms with Crippen LogP contribution in [0.5, 0.6) is 0 Å². The van der Waals surface area contributed by atoms with Crippen molar-refractivity contribution >= 4 is 18.0 Å². The van der Waals surface area contributed by atoms with Gasteiger partial charge in [0, 0.05) is 24.7 Å². The number of nitrogens with zero attached hydrogens (tertiary/aromatic N) is 2. The van der Waals surface area contributed by atoms with Crippen LogP contribution in [0.3, 0.4) is 0 Å². The van der Waals surface area contributed by atoms with Gasteiger partial charge in [0.15, 0.2) is 0 Å². The van der Waals surface area contributed by atoms with Gasteiger partial charge in [-0.1, -0.05) is 24.3 Å². The average Bonchev–Trinajstić information content (AvgIpc) is 3.18. The monoisotopic (exact) mass is 414 g/mol. The summed E-state index contributed by atoms with van der Waals surface area (Å²) in [6.45, 7) is 5.47. The summed E-state index contributed by atoms with van der Waals surface area (Å²) in [5.74, 6) is -1.71. The lowest BCUT2D eigenvalue weighted by molar-refractivity contribution is -0.142. The number of nitrogens with one attached hydrogen (secondary N) is 2. The first kappa shape index (κ1) is 21.4. The molecule has 0 radical (unpaired) electrons. The van der Waals surface area contributed by atoms with Gasteiger partial charge in [0.25, 0.3) is 0 Å². The smallest absolute Gasteiger partial charge is 0.411 e. The molecule has 3 rings (SSSR count). The van der Waals surface area contributed by atoms with E-state index >= 15 is 0 Å². The summed E-state index contributed by atoms with van der Waals surface area (Å²) < 4.78 is 5.49. The van der Waals surface area contributed by atoms with E-state index in [0.717, 1.165) is 11.1 Å². The van der Waals surface area contributed by atoms with Gasteiger partial charge in [-0.05, 0) is 31.9 Å². The maximum Gasteiger partial charge on any atom is 0.411 e. The molecule has 2 heterocycles. The number of rotatable bonds is 5. The third kappa shape index (κ3) is 5.16. The Morgan fingerprint density at radius 2 is 2.00 bits per heavy atom. The fourth-order valence-electron chi connectivity index (χ4n) is 3.35. The first-order valence-corrected chi connectivity index (χ1v) is 9.71. The van der Waals surface area contributed by atoms with E-state index < -0.39 is 35.7 Å². The molecule has 0 saturated carbocycles. The molecular formula is C21H26N4O5. The van der Waals surface area contributed by atoms with E-state index in [4.69, 9.17) is 4.74 Å². The van der Waals surface area contributed by atoms with Gasteiger partial charge in [-0.15, -0.1) is 0 Å². The number of carboxylic acid groups (broad SMARTS) is 1. The van der Waals surface area contributed by atoms with Gasteiger partial charge in [0.1, 0.15) is 17.7 Å². The molecule has 2 amide bonds. The number of hydrogen-bond acceptors (Lipinski definition) is 5. The number of carboxylic acids is 1. The molecule has 9 heteroatoms. The summed E-state index contributed by atoms with van der Waals surface area (Å²) in [7, 11) is 0. The second-order valence-corrected chi connectivity index (χ2v) is 8.28. The van der Waals surface area contributed by atoms with Crippen LogP contribution in [0.1, 0.15) is 37.6 Å². The Hall–Kier alpha value is -3.36. The number of aromatic amines is 1. The van der Waals surface area contributed by atoms with E-state index in [-0.39, 0.29) is 19.4 Å². The van der Waals surface area contributed by atoms with E-state index in [0.29, 0.717) is 5.69 Å². The number of H-pyrrole nitrogens is 1. The summed E-state index contributed by atoms with van der Waals surface area (Å²) in [4.78, 5) is 45.6. The lowest BCUT2D eigenvalue weighted by Crippen LogP contribution is -2.56. The highest BCUT2D eigenvalue weighted by Crippen LogP contribution is 2.25. The molecule has 9 nitrogen and oxygen atoms in total. The van der Waals surface area contributed by atoms with Crippen molar-refractivity contribution in [1.82, 2.24) is 20.2 Å². The van der Waals surface area contributed by atoms with Crippen molar-refractivity contribution < 1.29 is 24.2 Å². The summed E-state index contributed by atoms with van der Waals surface area (Å²) in [5, 5.41) is 12.1. The number of imidazole rings is 1. The van der Waals surface area contributed by atoms with Crippen molar-refractivity contribution in [2.24, 2.45) is 0 Å². The van der Waals surface area contributed by atoms with Crippen LogP contribution in [0.15, 0.2) is 36.8 Å². The van der Waals surface area contributed by atoms with E-state index in [1.165, 1.54) is 17.4 Å². The quantitative estimate of drug-likeness (QED) is 0.686. The van der Waals surface area contributed by atoms with Gasteiger partial charge >= 0.3 is 12.1 Å². The molecular weight excluding hydrogens is 388 g/mol. The van der Waals surface area contributed by atoms with Crippen LogP contribution in [0.2, 0.25) is 0 Å². The molecule has 0 fully saturated rings. The van der Waals surface area contributed by atoms with Crippen molar-refractivity contribution in [2.75, 3.05) is 0 Å². The Morgan fingerprint density at radius 1 is 1.30 bits per heavy atom. The molecule has 1 aliphatic heterocycles.